The highest BCUT2D eigenvalue weighted by atomic mass is 32.2. The Morgan fingerprint density at radius 2 is 1.90 bits per heavy atom. The lowest BCUT2D eigenvalue weighted by molar-refractivity contribution is 0.188. The third kappa shape index (κ3) is 3.14. The average Bonchev–Trinajstić information content (AvgIpc) is 1.84. The van der Waals surface area contributed by atoms with Gasteiger partial charge >= 0.3 is 0 Å². The van der Waals surface area contributed by atoms with Crippen LogP contribution in [0, 0.1) is 0 Å². The molecule has 10 heavy (non-hydrogen) atoms. The van der Waals surface area contributed by atoms with Crippen molar-refractivity contribution in [2.75, 3.05) is 26.6 Å². The summed E-state index contributed by atoms with van der Waals surface area (Å²) in [5, 5.41) is 0. The van der Waals surface area contributed by atoms with E-state index in [4.69, 9.17) is 4.74 Å². The molecular formula is C5H13NO3S. The fourth-order valence-corrected chi connectivity index (χ4v) is 0.882. The molecule has 0 aromatic carbocycles. The molecule has 0 rings (SSSR count). The zero-order valence-electron chi connectivity index (χ0n) is 6.49. The second-order valence-electron chi connectivity index (χ2n) is 2.00. The van der Waals surface area contributed by atoms with E-state index in [1.54, 1.807) is 6.92 Å². The number of nitrogens with zero attached hydrogens (tertiary/aromatic N) is 1. The highest BCUT2D eigenvalue weighted by Crippen LogP contribution is 1.93. The van der Waals surface area contributed by atoms with Gasteiger partial charge in [0.2, 0.25) is 10.0 Å². The van der Waals surface area contributed by atoms with E-state index in [0.29, 0.717) is 6.61 Å². The number of rotatable bonds is 4. The maximum atomic E-state index is 10.9. The Balaban J connectivity index is 3.90. The Hall–Kier alpha value is -0.130. The van der Waals surface area contributed by atoms with E-state index in [1.807, 2.05) is 0 Å². The summed E-state index contributed by atoms with van der Waals surface area (Å²) in [5.74, 6) is -0.226. The molecule has 0 radical (unpaired) electrons. The minimum Gasteiger partial charge on any atom is -0.364 e. The molecule has 0 saturated carbocycles. The number of sulfonamides is 1. The second kappa shape index (κ2) is 3.90. The van der Waals surface area contributed by atoms with Gasteiger partial charge in [-0.05, 0) is 6.92 Å². The first kappa shape index (κ1) is 9.87. The van der Waals surface area contributed by atoms with Crippen LogP contribution in [0.15, 0.2) is 0 Å². The van der Waals surface area contributed by atoms with Crippen molar-refractivity contribution >= 4 is 10.0 Å². The van der Waals surface area contributed by atoms with Crippen molar-refractivity contribution < 1.29 is 13.2 Å². The lowest BCUT2D eigenvalue weighted by Gasteiger charge is -2.09. The molecule has 0 amide bonds. The van der Waals surface area contributed by atoms with Crippen molar-refractivity contribution in [2.45, 2.75) is 6.92 Å². The van der Waals surface area contributed by atoms with E-state index in [9.17, 15) is 8.42 Å². The molecular weight excluding hydrogens is 154 g/mol. The Kier molecular flexibility index (Phi) is 3.85. The van der Waals surface area contributed by atoms with Gasteiger partial charge in [0.1, 0.15) is 0 Å². The van der Waals surface area contributed by atoms with Crippen molar-refractivity contribution in [1.29, 1.82) is 0 Å². The topological polar surface area (TPSA) is 46.6 Å². The summed E-state index contributed by atoms with van der Waals surface area (Å²) in [6, 6.07) is 0. The third-order valence-electron chi connectivity index (χ3n) is 0.993. The van der Waals surface area contributed by atoms with Crippen LogP contribution in [0.25, 0.3) is 0 Å². The predicted octanol–water partition coefficient (Wildman–Crippen LogP) is -0.128. The van der Waals surface area contributed by atoms with Crippen molar-refractivity contribution in [2.24, 2.45) is 0 Å². The van der Waals surface area contributed by atoms with Crippen LogP contribution in [0.3, 0.4) is 0 Å². The fraction of sp³-hybridized carbons (Fsp3) is 1.00. The van der Waals surface area contributed by atoms with Crippen LogP contribution in [0.1, 0.15) is 6.92 Å². The first-order chi connectivity index (χ1) is 4.50. The van der Waals surface area contributed by atoms with Gasteiger partial charge in [-0.1, -0.05) is 0 Å². The van der Waals surface area contributed by atoms with E-state index in [0.717, 1.165) is 4.31 Å². The first-order valence-electron chi connectivity index (χ1n) is 2.98. The standard InChI is InChI=1S/C5H13NO3S/c1-4-9-5-10(7,8)6(2)3/h4-5H2,1-3H3. The molecule has 0 saturated heterocycles. The normalized spacial score (nSPS) is 12.4. The number of hydrogen-bond acceptors (Lipinski definition) is 3. The molecule has 0 aliphatic heterocycles. The Labute approximate surface area is 61.8 Å². The van der Waals surface area contributed by atoms with Gasteiger partial charge in [-0.15, -0.1) is 0 Å². The minimum atomic E-state index is -3.15. The monoisotopic (exact) mass is 167 g/mol. The van der Waals surface area contributed by atoms with E-state index < -0.39 is 10.0 Å². The quantitative estimate of drug-likeness (QED) is 0.586. The Bertz CT molecular complexity index is 173. The lowest BCUT2D eigenvalue weighted by atomic mass is 10.9. The summed E-state index contributed by atoms with van der Waals surface area (Å²) >= 11 is 0. The van der Waals surface area contributed by atoms with E-state index in [-0.39, 0.29) is 5.94 Å². The summed E-state index contributed by atoms with van der Waals surface area (Å²) < 4.78 is 27.7. The zero-order chi connectivity index (χ0) is 8.20. The first-order valence-corrected chi connectivity index (χ1v) is 4.59. The number of ether oxygens (including phenoxy) is 1. The highest BCUT2D eigenvalue weighted by Gasteiger charge is 2.11. The zero-order valence-corrected chi connectivity index (χ0v) is 7.31. The van der Waals surface area contributed by atoms with Crippen LogP contribution in [0.4, 0.5) is 0 Å². The molecule has 0 unspecified atom stereocenters. The van der Waals surface area contributed by atoms with Crippen molar-refractivity contribution in [3.8, 4) is 0 Å². The van der Waals surface area contributed by atoms with Gasteiger partial charge < -0.3 is 4.74 Å². The highest BCUT2D eigenvalue weighted by molar-refractivity contribution is 7.88. The molecule has 0 heterocycles. The maximum Gasteiger partial charge on any atom is 0.237 e. The number of hydrogen-bond donors (Lipinski definition) is 0. The van der Waals surface area contributed by atoms with Crippen molar-refractivity contribution in [3.05, 3.63) is 0 Å². The van der Waals surface area contributed by atoms with Gasteiger partial charge in [0, 0.05) is 20.7 Å². The molecule has 0 aliphatic carbocycles. The summed E-state index contributed by atoms with van der Waals surface area (Å²) in [4.78, 5) is 0. The molecule has 0 aromatic rings. The van der Waals surface area contributed by atoms with Crippen LogP contribution in [0.5, 0.6) is 0 Å². The van der Waals surface area contributed by atoms with Crippen molar-refractivity contribution in [1.82, 2.24) is 4.31 Å². The average molecular weight is 167 g/mol. The Morgan fingerprint density at radius 3 is 2.20 bits per heavy atom. The van der Waals surface area contributed by atoms with Crippen molar-refractivity contribution in [3.63, 3.8) is 0 Å². The van der Waals surface area contributed by atoms with Gasteiger partial charge in [-0.25, -0.2) is 12.7 Å². The van der Waals surface area contributed by atoms with Crippen LogP contribution in [0.2, 0.25) is 0 Å². The summed E-state index contributed by atoms with van der Waals surface area (Å²) in [6.45, 7) is 2.18. The molecule has 0 aromatic heterocycles. The minimum absolute atomic E-state index is 0.226. The van der Waals surface area contributed by atoms with Crippen LogP contribution < -0.4 is 0 Å². The smallest absolute Gasteiger partial charge is 0.237 e. The molecule has 0 aliphatic rings. The second-order valence-corrected chi connectivity index (χ2v) is 4.13. The molecule has 4 nitrogen and oxygen atoms in total. The fourth-order valence-electron chi connectivity index (χ4n) is 0.294. The summed E-state index contributed by atoms with van der Waals surface area (Å²) in [5.41, 5.74) is 0. The Morgan fingerprint density at radius 1 is 1.40 bits per heavy atom. The van der Waals surface area contributed by atoms with Gasteiger partial charge in [-0.2, -0.15) is 0 Å². The van der Waals surface area contributed by atoms with Crippen LogP contribution >= 0.6 is 0 Å². The van der Waals surface area contributed by atoms with Gasteiger partial charge in [0.15, 0.2) is 5.94 Å². The van der Waals surface area contributed by atoms with Crippen LogP contribution in [-0.4, -0.2) is 39.4 Å². The van der Waals surface area contributed by atoms with Gasteiger partial charge in [0.25, 0.3) is 0 Å². The molecule has 0 spiro atoms. The third-order valence-corrected chi connectivity index (χ3v) is 2.57. The summed E-state index contributed by atoms with van der Waals surface area (Å²) in [7, 11) is -0.188. The van der Waals surface area contributed by atoms with E-state index >= 15 is 0 Å². The molecule has 0 fully saturated rings. The predicted molar refractivity (Wildman–Crippen MR) is 39.1 cm³/mol. The van der Waals surface area contributed by atoms with E-state index in [2.05, 4.69) is 0 Å². The SMILES string of the molecule is CCOCS(=O)(=O)N(C)C. The van der Waals surface area contributed by atoms with E-state index in [1.165, 1.54) is 14.1 Å². The maximum absolute atomic E-state index is 10.9. The molecule has 0 atom stereocenters. The molecule has 0 N–H and O–H groups in total. The van der Waals surface area contributed by atoms with Gasteiger partial charge in [-0.3, -0.25) is 0 Å². The lowest BCUT2D eigenvalue weighted by Crippen LogP contribution is -2.26. The van der Waals surface area contributed by atoms with Gasteiger partial charge in [0.05, 0.1) is 0 Å². The molecule has 0 bridgehead atoms. The van der Waals surface area contributed by atoms with Crippen LogP contribution in [-0.2, 0) is 14.8 Å². The molecule has 5 heteroatoms. The summed E-state index contributed by atoms with van der Waals surface area (Å²) in [6.07, 6.45) is 0. The molecule has 62 valence electrons. The largest absolute Gasteiger partial charge is 0.364 e.